The van der Waals surface area contributed by atoms with Gasteiger partial charge in [0.15, 0.2) is 0 Å². The van der Waals surface area contributed by atoms with E-state index >= 15 is 0 Å². The van der Waals surface area contributed by atoms with Crippen molar-refractivity contribution in [3.8, 4) is 0 Å². The molecule has 0 saturated heterocycles. The second-order valence-electron chi connectivity index (χ2n) is 4.86. The van der Waals surface area contributed by atoms with E-state index in [4.69, 9.17) is 11.6 Å². The third-order valence-electron chi connectivity index (χ3n) is 3.24. The summed E-state index contributed by atoms with van der Waals surface area (Å²) in [5.74, 6) is 0. The van der Waals surface area contributed by atoms with Gasteiger partial charge in [-0.1, -0.05) is 24.6 Å². The summed E-state index contributed by atoms with van der Waals surface area (Å²) in [5, 5.41) is 4.48. The van der Waals surface area contributed by atoms with Crippen LogP contribution in [0.4, 0.5) is 0 Å². The van der Waals surface area contributed by atoms with Gasteiger partial charge in [0.05, 0.1) is 11.1 Å². The number of sulfonamides is 1. The fraction of sp³-hybridized carbons (Fsp3) is 0.357. The summed E-state index contributed by atoms with van der Waals surface area (Å²) < 4.78 is 28.6. The van der Waals surface area contributed by atoms with Crippen molar-refractivity contribution < 1.29 is 8.42 Å². The van der Waals surface area contributed by atoms with E-state index in [-0.39, 0.29) is 4.90 Å². The van der Waals surface area contributed by atoms with Gasteiger partial charge in [0.2, 0.25) is 10.0 Å². The standard InChI is InChI=1S/C14H18ClN3O2S/c1-4-18(10-12-8-16-17(3)9-12)21(19,20)14-7-13(15)6-5-11(14)2/h5-9H,4,10H2,1-3H3. The first-order chi connectivity index (χ1) is 9.84. The lowest BCUT2D eigenvalue weighted by molar-refractivity contribution is 0.423. The molecule has 0 aliphatic rings. The predicted octanol–water partition coefficient (Wildman–Crippen LogP) is 2.59. The first-order valence-electron chi connectivity index (χ1n) is 6.58. The number of hydrogen-bond acceptors (Lipinski definition) is 3. The van der Waals surface area contributed by atoms with Gasteiger partial charge < -0.3 is 0 Å². The van der Waals surface area contributed by atoms with E-state index in [1.54, 1.807) is 37.0 Å². The van der Waals surface area contributed by atoms with E-state index in [9.17, 15) is 8.42 Å². The van der Waals surface area contributed by atoms with Crippen LogP contribution >= 0.6 is 11.6 Å². The lowest BCUT2D eigenvalue weighted by Crippen LogP contribution is -2.30. The molecule has 0 atom stereocenters. The van der Waals surface area contributed by atoms with Crippen LogP contribution in [0.5, 0.6) is 0 Å². The molecular formula is C14H18ClN3O2S. The van der Waals surface area contributed by atoms with Crippen LogP contribution in [0.25, 0.3) is 0 Å². The minimum Gasteiger partial charge on any atom is -0.275 e. The molecule has 0 spiro atoms. The largest absolute Gasteiger partial charge is 0.275 e. The monoisotopic (exact) mass is 327 g/mol. The number of aryl methyl sites for hydroxylation is 2. The molecule has 0 amide bonds. The molecule has 114 valence electrons. The Labute approximate surface area is 130 Å². The highest BCUT2D eigenvalue weighted by Crippen LogP contribution is 2.24. The maximum absolute atomic E-state index is 12.8. The number of nitrogens with zero attached hydrogens (tertiary/aromatic N) is 3. The smallest absolute Gasteiger partial charge is 0.243 e. The zero-order chi connectivity index (χ0) is 15.6. The third-order valence-corrected chi connectivity index (χ3v) is 5.54. The Hall–Kier alpha value is -1.37. The van der Waals surface area contributed by atoms with Gasteiger partial charge in [-0.25, -0.2) is 8.42 Å². The van der Waals surface area contributed by atoms with Crippen LogP contribution in [0.3, 0.4) is 0 Å². The quantitative estimate of drug-likeness (QED) is 0.848. The molecule has 21 heavy (non-hydrogen) atoms. The Bertz CT molecular complexity index is 740. The van der Waals surface area contributed by atoms with Crippen molar-refractivity contribution in [3.63, 3.8) is 0 Å². The number of halogens is 1. The van der Waals surface area contributed by atoms with E-state index in [0.29, 0.717) is 23.7 Å². The molecule has 2 aromatic rings. The molecule has 0 unspecified atom stereocenters. The van der Waals surface area contributed by atoms with Gasteiger partial charge in [-0.2, -0.15) is 9.40 Å². The molecule has 0 saturated carbocycles. The number of hydrogen-bond donors (Lipinski definition) is 0. The Morgan fingerprint density at radius 2 is 2.10 bits per heavy atom. The normalized spacial score (nSPS) is 12.0. The summed E-state index contributed by atoms with van der Waals surface area (Å²) in [4.78, 5) is 0.251. The highest BCUT2D eigenvalue weighted by molar-refractivity contribution is 7.89. The lowest BCUT2D eigenvalue weighted by Gasteiger charge is -2.21. The Morgan fingerprint density at radius 3 is 2.67 bits per heavy atom. The fourth-order valence-electron chi connectivity index (χ4n) is 2.11. The van der Waals surface area contributed by atoms with Gasteiger partial charge in [-0.15, -0.1) is 0 Å². The summed E-state index contributed by atoms with van der Waals surface area (Å²) in [6.07, 6.45) is 3.48. The summed E-state index contributed by atoms with van der Waals surface area (Å²) in [7, 11) is -1.78. The molecule has 1 aromatic heterocycles. The summed E-state index contributed by atoms with van der Waals surface area (Å²) in [6.45, 7) is 4.25. The maximum atomic E-state index is 12.8. The topological polar surface area (TPSA) is 55.2 Å². The molecule has 0 aliphatic carbocycles. The fourth-order valence-corrected chi connectivity index (χ4v) is 4.04. The van der Waals surface area contributed by atoms with E-state index in [1.165, 1.54) is 10.4 Å². The van der Waals surface area contributed by atoms with Crippen molar-refractivity contribution in [3.05, 3.63) is 46.7 Å². The number of benzene rings is 1. The minimum absolute atomic E-state index is 0.251. The highest BCUT2D eigenvalue weighted by atomic mass is 35.5. The van der Waals surface area contributed by atoms with Crippen LogP contribution in [0.1, 0.15) is 18.1 Å². The van der Waals surface area contributed by atoms with Crippen molar-refractivity contribution in [1.29, 1.82) is 0 Å². The van der Waals surface area contributed by atoms with Crippen LogP contribution in [-0.2, 0) is 23.6 Å². The molecule has 1 aromatic carbocycles. The van der Waals surface area contributed by atoms with Gasteiger partial charge in [-0.05, 0) is 24.6 Å². The van der Waals surface area contributed by atoms with Gasteiger partial charge in [0.25, 0.3) is 0 Å². The Morgan fingerprint density at radius 1 is 1.38 bits per heavy atom. The molecule has 0 aliphatic heterocycles. The van der Waals surface area contributed by atoms with E-state index in [1.807, 2.05) is 13.1 Å². The molecule has 0 bridgehead atoms. The average Bonchev–Trinajstić information content (AvgIpc) is 2.84. The molecule has 0 radical (unpaired) electrons. The van der Waals surface area contributed by atoms with Crippen LogP contribution < -0.4 is 0 Å². The van der Waals surface area contributed by atoms with Crippen LogP contribution in [0.15, 0.2) is 35.5 Å². The van der Waals surface area contributed by atoms with E-state index in [2.05, 4.69) is 5.10 Å². The first-order valence-corrected chi connectivity index (χ1v) is 8.40. The van der Waals surface area contributed by atoms with Gasteiger partial charge in [0.1, 0.15) is 0 Å². The lowest BCUT2D eigenvalue weighted by atomic mass is 10.2. The van der Waals surface area contributed by atoms with Crippen molar-refractivity contribution in [2.45, 2.75) is 25.3 Å². The maximum Gasteiger partial charge on any atom is 0.243 e. The van der Waals surface area contributed by atoms with Gasteiger partial charge in [0, 0.05) is 36.9 Å². The van der Waals surface area contributed by atoms with E-state index in [0.717, 1.165) is 5.56 Å². The average molecular weight is 328 g/mol. The van der Waals surface area contributed by atoms with Crippen LogP contribution in [0, 0.1) is 6.92 Å². The SMILES string of the molecule is CCN(Cc1cnn(C)c1)S(=O)(=O)c1cc(Cl)ccc1C. The van der Waals surface area contributed by atoms with Crippen molar-refractivity contribution >= 4 is 21.6 Å². The van der Waals surface area contributed by atoms with Gasteiger partial charge >= 0.3 is 0 Å². The zero-order valence-electron chi connectivity index (χ0n) is 12.2. The third kappa shape index (κ3) is 3.45. The van der Waals surface area contributed by atoms with Crippen molar-refractivity contribution in [2.75, 3.05) is 6.54 Å². The summed E-state index contributed by atoms with van der Waals surface area (Å²) in [5.41, 5.74) is 1.53. The Kier molecular flexibility index (Phi) is 4.70. The molecule has 0 fully saturated rings. The second-order valence-corrected chi connectivity index (χ2v) is 7.21. The summed E-state index contributed by atoms with van der Waals surface area (Å²) >= 11 is 5.94. The molecule has 1 heterocycles. The van der Waals surface area contributed by atoms with E-state index < -0.39 is 10.0 Å². The first kappa shape index (κ1) is 16.0. The zero-order valence-corrected chi connectivity index (χ0v) is 13.8. The summed E-state index contributed by atoms with van der Waals surface area (Å²) in [6, 6.07) is 4.90. The number of aromatic nitrogens is 2. The molecule has 7 heteroatoms. The van der Waals surface area contributed by atoms with Crippen molar-refractivity contribution in [1.82, 2.24) is 14.1 Å². The highest BCUT2D eigenvalue weighted by Gasteiger charge is 2.25. The molecular weight excluding hydrogens is 310 g/mol. The van der Waals surface area contributed by atoms with Crippen LogP contribution in [0.2, 0.25) is 5.02 Å². The van der Waals surface area contributed by atoms with Gasteiger partial charge in [-0.3, -0.25) is 4.68 Å². The van der Waals surface area contributed by atoms with Crippen LogP contribution in [-0.4, -0.2) is 29.0 Å². The van der Waals surface area contributed by atoms with Crippen molar-refractivity contribution in [2.24, 2.45) is 7.05 Å². The molecule has 0 N–H and O–H groups in total. The minimum atomic E-state index is -3.58. The molecule has 2 rings (SSSR count). The molecule has 5 nitrogen and oxygen atoms in total. The predicted molar refractivity (Wildman–Crippen MR) is 82.7 cm³/mol. The Balaban J connectivity index is 2.37. The number of rotatable bonds is 5. The second kappa shape index (κ2) is 6.17.